The minimum absolute atomic E-state index is 0.780. The summed E-state index contributed by atoms with van der Waals surface area (Å²) in [6, 6.07) is 33.7. The maximum absolute atomic E-state index is 5.84. The molecule has 0 saturated carbocycles. The lowest BCUT2D eigenvalue weighted by Gasteiger charge is -2.06. The fraction of sp³-hybridized carbons (Fsp3) is 0.172. The average molecular weight is 413 g/mol. The van der Waals surface area contributed by atoms with E-state index in [2.05, 4.69) is 93.6 Å². The van der Waals surface area contributed by atoms with Crippen molar-refractivity contribution in [1.29, 1.82) is 0 Å². The number of halogens is 1. The predicted octanol–water partition coefficient (Wildman–Crippen LogP) is 8.93. The first-order valence-corrected chi connectivity index (χ1v) is 10.9. The summed E-state index contributed by atoms with van der Waals surface area (Å²) in [6.45, 7) is 6.49. The Morgan fingerprint density at radius 1 is 0.567 bits per heavy atom. The van der Waals surface area contributed by atoms with Crippen LogP contribution in [-0.4, -0.2) is 0 Å². The van der Waals surface area contributed by atoms with Gasteiger partial charge in [0.15, 0.2) is 0 Å². The van der Waals surface area contributed by atoms with Gasteiger partial charge in [-0.15, -0.1) is 0 Å². The van der Waals surface area contributed by atoms with Crippen LogP contribution in [-0.2, 0) is 6.42 Å². The summed E-state index contributed by atoms with van der Waals surface area (Å²) in [5.41, 5.74) is 9.19. The molecule has 4 aromatic carbocycles. The van der Waals surface area contributed by atoms with Crippen LogP contribution in [0.2, 0.25) is 5.02 Å². The lowest BCUT2D eigenvalue weighted by molar-refractivity contribution is 0.922. The third kappa shape index (κ3) is 5.84. The van der Waals surface area contributed by atoms with Crippen molar-refractivity contribution in [2.45, 2.75) is 33.6 Å². The van der Waals surface area contributed by atoms with Crippen LogP contribution in [0.1, 0.15) is 30.0 Å². The second kappa shape index (κ2) is 10.8. The first kappa shape index (κ1) is 21.9. The van der Waals surface area contributed by atoms with Crippen LogP contribution in [0.3, 0.4) is 0 Å². The number of hydrogen-bond acceptors (Lipinski definition) is 0. The second-order valence-electron chi connectivity index (χ2n) is 7.58. The summed E-state index contributed by atoms with van der Waals surface area (Å²) in [5.74, 6) is 0. The Morgan fingerprint density at radius 2 is 1.00 bits per heavy atom. The van der Waals surface area contributed by atoms with Crippen molar-refractivity contribution >= 4 is 11.6 Å². The third-order valence-electron chi connectivity index (χ3n) is 5.25. The molecule has 0 bridgehead atoms. The molecule has 4 aromatic rings. The maximum Gasteiger partial charge on any atom is 0.0406 e. The molecule has 0 aliphatic rings. The van der Waals surface area contributed by atoms with E-state index in [1.54, 1.807) is 0 Å². The quantitative estimate of drug-likeness (QED) is 0.313. The molecule has 152 valence electrons. The predicted molar refractivity (Wildman–Crippen MR) is 132 cm³/mol. The van der Waals surface area contributed by atoms with E-state index in [0.29, 0.717) is 0 Å². The lowest BCUT2D eigenvalue weighted by atomic mass is 9.99. The van der Waals surface area contributed by atoms with E-state index in [-0.39, 0.29) is 0 Å². The molecule has 0 unspecified atom stereocenters. The Hall–Kier alpha value is -2.83. The summed E-state index contributed by atoms with van der Waals surface area (Å²) in [4.78, 5) is 0. The highest BCUT2D eigenvalue weighted by atomic mass is 35.5. The van der Waals surface area contributed by atoms with Crippen LogP contribution in [0.4, 0.5) is 0 Å². The highest BCUT2D eigenvalue weighted by Crippen LogP contribution is 2.25. The number of rotatable bonds is 4. The van der Waals surface area contributed by atoms with Crippen molar-refractivity contribution in [3.8, 4) is 22.3 Å². The smallest absolute Gasteiger partial charge is 0.0406 e. The van der Waals surface area contributed by atoms with Gasteiger partial charge in [0.1, 0.15) is 0 Å². The van der Waals surface area contributed by atoms with Crippen LogP contribution in [0.15, 0.2) is 97.1 Å². The summed E-state index contributed by atoms with van der Waals surface area (Å²) in [6.07, 6.45) is 2.39. The molecule has 1 heteroatoms. The van der Waals surface area contributed by atoms with E-state index >= 15 is 0 Å². The number of aryl methyl sites for hydroxylation is 3. The molecule has 0 fully saturated rings. The summed E-state index contributed by atoms with van der Waals surface area (Å²) >= 11 is 5.84. The summed E-state index contributed by atoms with van der Waals surface area (Å²) in [5, 5.41) is 0.780. The zero-order chi connectivity index (χ0) is 21.3. The fourth-order valence-electron chi connectivity index (χ4n) is 3.56. The highest BCUT2D eigenvalue weighted by molar-refractivity contribution is 6.30. The fourth-order valence-corrected chi connectivity index (χ4v) is 3.69. The van der Waals surface area contributed by atoms with Crippen molar-refractivity contribution in [2.24, 2.45) is 0 Å². The molecule has 0 nitrogen and oxygen atoms in total. The molecule has 0 aliphatic carbocycles. The molecule has 0 heterocycles. The zero-order valence-corrected chi connectivity index (χ0v) is 18.8. The normalized spacial score (nSPS) is 10.3. The van der Waals surface area contributed by atoms with Gasteiger partial charge in [0.05, 0.1) is 0 Å². The molecule has 0 aliphatic heterocycles. The van der Waals surface area contributed by atoms with Crippen LogP contribution in [0, 0.1) is 13.8 Å². The van der Waals surface area contributed by atoms with E-state index < -0.39 is 0 Å². The number of hydrogen-bond donors (Lipinski definition) is 0. The van der Waals surface area contributed by atoms with Gasteiger partial charge >= 0.3 is 0 Å². The Bertz CT molecular complexity index is 1060. The van der Waals surface area contributed by atoms with E-state index in [1.807, 2.05) is 24.3 Å². The standard InChI is InChI=1S/C16H18.C13H11Cl/c1-3-6-14-9-11-15(12-10-14)16-8-5-4-7-13(16)2;1-10-4-2-3-5-13(10)11-6-8-12(14)9-7-11/h4-5,7-12H,3,6H2,1-2H3;2-9H,1H3. The minimum Gasteiger partial charge on any atom is -0.0843 e. The molecule has 0 N–H and O–H groups in total. The maximum atomic E-state index is 5.84. The first-order valence-electron chi connectivity index (χ1n) is 10.5. The van der Waals surface area contributed by atoms with Crippen molar-refractivity contribution in [3.05, 3.63) is 119 Å². The van der Waals surface area contributed by atoms with Crippen molar-refractivity contribution in [1.82, 2.24) is 0 Å². The molecular weight excluding hydrogens is 384 g/mol. The van der Waals surface area contributed by atoms with Crippen LogP contribution >= 0.6 is 11.6 Å². The summed E-state index contributed by atoms with van der Waals surface area (Å²) in [7, 11) is 0. The van der Waals surface area contributed by atoms with E-state index in [1.165, 1.54) is 51.8 Å². The zero-order valence-electron chi connectivity index (χ0n) is 18.0. The van der Waals surface area contributed by atoms with Gasteiger partial charge in [0, 0.05) is 5.02 Å². The Morgan fingerprint density at radius 3 is 1.43 bits per heavy atom. The van der Waals surface area contributed by atoms with E-state index in [9.17, 15) is 0 Å². The highest BCUT2D eigenvalue weighted by Gasteiger charge is 2.01. The van der Waals surface area contributed by atoms with Crippen molar-refractivity contribution in [2.75, 3.05) is 0 Å². The van der Waals surface area contributed by atoms with Crippen molar-refractivity contribution in [3.63, 3.8) is 0 Å². The third-order valence-corrected chi connectivity index (χ3v) is 5.50. The Kier molecular flexibility index (Phi) is 7.88. The van der Waals surface area contributed by atoms with Gasteiger partial charge in [-0.1, -0.05) is 110 Å². The Labute approximate surface area is 186 Å². The monoisotopic (exact) mass is 412 g/mol. The lowest BCUT2D eigenvalue weighted by Crippen LogP contribution is -1.85. The van der Waals surface area contributed by atoms with Gasteiger partial charge in [0.2, 0.25) is 0 Å². The molecule has 0 amide bonds. The SMILES string of the molecule is CCCc1ccc(-c2ccccc2C)cc1.Cc1ccccc1-c1ccc(Cl)cc1. The van der Waals surface area contributed by atoms with Crippen LogP contribution in [0.5, 0.6) is 0 Å². The second-order valence-corrected chi connectivity index (χ2v) is 8.02. The minimum atomic E-state index is 0.780. The molecule has 0 atom stereocenters. The average Bonchev–Trinajstić information content (AvgIpc) is 2.77. The summed E-state index contributed by atoms with van der Waals surface area (Å²) < 4.78 is 0. The molecule has 0 saturated heterocycles. The van der Waals surface area contributed by atoms with Crippen molar-refractivity contribution < 1.29 is 0 Å². The molecule has 30 heavy (non-hydrogen) atoms. The van der Waals surface area contributed by atoms with Crippen LogP contribution < -0.4 is 0 Å². The van der Waals surface area contributed by atoms with Gasteiger partial charge in [-0.3, -0.25) is 0 Å². The number of benzene rings is 4. The van der Waals surface area contributed by atoms with Crippen LogP contribution in [0.25, 0.3) is 22.3 Å². The molecule has 0 spiro atoms. The largest absolute Gasteiger partial charge is 0.0843 e. The topological polar surface area (TPSA) is 0 Å². The van der Waals surface area contributed by atoms with Gasteiger partial charge in [-0.25, -0.2) is 0 Å². The first-order chi connectivity index (χ1) is 14.6. The van der Waals surface area contributed by atoms with Gasteiger partial charge in [0.25, 0.3) is 0 Å². The Balaban J connectivity index is 0.000000172. The molecule has 4 rings (SSSR count). The van der Waals surface area contributed by atoms with Gasteiger partial charge < -0.3 is 0 Å². The van der Waals surface area contributed by atoms with Gasteiger partial charge in [-0.2, -0.15) is 0 Å². The van der Waals surface area contributed by atoms with Gasteiger partial charge in [-0.05, 0) is 71.3 Å². The van der Waals surface area contributed by atoms with E-state index in [0.717, 1.165) is 5.02 Å². The molecule has 0 aromatic heterocycles. The molecular formula is C29H29Cl. The molecule has 0 radical (unpaired) electrons. The van der Waals surface area contributed by atoms with E-state index in [4.69, 9.17) is 11.6 Å².